The molecule has 3 nitrogen and oxygen atoms in total. The molecule has 0 radical (unpaired) electrons. The molecule has 1 aliphatic rings. The number of nitrogens with zero attached hydrogens (tertiary/aromatic N) is 1. The van der Waals surface area contributed by atoms with Crippen molar-refractivity contribution in [2.45, 2.75) is 44.6 Å². The van der Waals surface area contributed by atoms with Crippen molar-refractivity contribution in [2.24, 2.45) is 5.73 Å². The van der Waals surface area contributed by atoms with Gasteiger partial charge in [-0.1, -0.05) is 31.9 Å². The predicted molar refractivity (Wildman–Crippen MR) is 84.1 cm³/mol. The lowest BCUT2D eigenvalue weighted by molar-refractivity contribution is 0.171. The zero-order valence-corrected chi connectivity index (χ0v) is 12.9. The van der Waals surface area contributed by atoms with Gasteiger partial charge in [0.1, 0.15) is 5.75 Å². The van der Waals surface area contributed by atoms with E-state index in [4.69, 9.17) is 10.5 Å². The Bertz CT molecular complexity index is 415. The van der Waals surface area contributed by atoms with E-state index in [1.54, 1.807) is 7.11 Å². The van der Waals surface area contributed by atoms with Crippen LogP contribution in [-0.2, 0) is 5.54 Å². The van der Waals surface area contributed by atoms with Crippen LogP contribution in [0.25, 0.3) is 0 Å². The van der Waals surface area contributed by atoms with Gasteiger partial charge in [-0.15, -0.1) is 0 Å². The van der Waals surface area contributed by atoms with Gasteiger partial charge in [0.25, 0.3) is 0 Å². The minimum Gasteiger partial charge on any atom is -0.497 e. The maximum Gasteiger partial charge on any atom is 0.119 e. The second-order valence-electron chi connectivity index (χ2n) is 5.97. The van der Waals surface area contributed by atoms with E-state index in [9.17, 15) is 0 Å². The molecular formula is C17H28N2O. The van der Waals surface area contributed by atoms with Gasteiger partial charge in [0.2, 0.25) is 0 Å². The molecule has 1 fully saturated rings. The van der Waals surface area contributed by atoms with Gasteiger partial charge in [0.05, 0.1) is 12.6 Å². The minimum absolute atomic E-state index is 0.263. The summed E-state index contributed by atoms with van der Waals surface area (Å²) >= 11 is 0. The predicted octanol–water partition coefficient (Wildman–Crippen LogP) is 3.14. The Morgan fingerprint density at radius 2 is 2.00 bits per heavy atom. The van der Waals surface area contributed by atoms with Crippen molar-refractivity contribution >= 4 is 0 Å². The number of benzene rings is 1. The maximum absolute atomic E-state index is 6.79. The molecule has 0 saturated carbocycles. The SMILES string of the molecule is CCCC(N)(CN1CCCCC1)c1cccc(OC)c1. The monoisotopic (exact) mass is 276 g/mol. The fourth-order valence-corrected chi connectivity index (χ4v) is 3.21. The Hall–Kier alpha value is -1.06. The van der Waals surface area contributed by atoms with Crippen LogP contribution in [0.1, 0.15) is 44.6 Å². The molecule has 2 rings (SSSR count). The lowest BCUT2D eigenvalue weighted by atomic mass is 9.85. The lowest BCUT2D eigenvalue weighted by Crippen LogP contribution is -2.49. The Labute approximate surface area is 123 Å². The van der Waals surface area contributed by atoms with Crippen LogP contribution in [-0.4, -0.2) is 31.6 Å². The van der Waals surface area contributed by atoms with Crippen molar-refractivity contribution in [1.29, 1.82) is 0 Å². The highest BCUT2D eigenvalue weighted by Crippen LogP contribution is 2.28. The van der Waals surface area contributed by atoms with Crippen molar-refractivity contribution in [1.82, 2.24) is 4.90 Å². The Kier molecular flexibility index (Phi) is 5.44. The third-order valence-corrected chi connectivity index (χ3v) is 4.30. The quantitative estimate of drug-likeness (QED) is 0.867. The van der Waals surface area contributed by atoms with Gasteiger partial charge < -0.3 is 15.4 Å². The van der Waals surface area contributed by atoms with Crippen LogP contribution in [0, 0.1) is 0 Å². The standard InChI is InChI=1S/C17H28N2O/c1-3-10-17(18,14-19-11-5-4-6-12-19)15-8-7-9-16(13-15)20-2/h7-9,13H,3-6,10-12,14,18H2,1-2H3. The third kappa shape index (κ3) is 3.74. The molecule has 1 unspecified atom stereocenters. The molecule has 0 amide bonds. The van der Waals surface area contributed by atoms with Crippen LogP contribution >= 0.6 is 0 Å². The van der Waals surface area contributed by atoms with Crippen LogP contribution in [0.2, 0.25) is 0 Å². The van der Waals surface area contributed by atoms with Crippen molar-refractivity contribution in [3.63, 3.8) is 0 Å². The first-order valence-corrected chi connectivity index (χ1v) is 7.84. The van der Waals surface area contributed by atoms with Crippen LogP contribution in [0.3, 0.4) is 0 Å². The summed E-state index contributed by atoms with van der Waals surface area (Å²) in [5, 5.41) is 0. The second-order valence-corrected chi connectivity index (χ2v) is 5.97. The van der Waals surface area contributed by atoms with Gasteiger partial charge in [-0.05, 0) is 50.0 Å². The zero-order chi connectivity index (χ0) is 14.4. The molecule has 1 aromatic carbocycles. The van der Waals surface area contributed by atoms with Gasteiger partial charge in [-0.25, -0.2) is 0 Å². The summed E-state index contributed by atoms with van der Waals surface area (Å²) in [6, 6.07) is 8.26. The van der Waals surface area contributed by atoms with Crippen LogP contribution in [0.15, 0.2) is 24.3 Å². The van der Waals surface area contributed by atoms with E-state index in [0.717, 1.165) is 25.1 Å². The molecule has 3 heteroatoms. The summed E-state index contributed by atoms with van der Waals surface area (Å²) in [7, 11) is 1.71. The van der Waals surface area contributed by atoms with Gasteiger partial charge in [0.15, 0.2) is 0 Å². The molecule has 2 N–H and O–H groups in total. The fourth-order valence-electron chi connectivity index (χ4n) is 3.21. The van der Waals surface area contributed by atoms with Crippen molar-refractivity contribution < 1.29 is 4.74 Å². The number of ether oxygens (including phenoxy) is 1. The molecule has 0 aromatic heterocycles. The van der Waals surface area contributed by atoms with E-state index in [0.29, 0.717) is 0 Å². The van der Waals surface area contributed by atoms with Gasteiger partial charge in [-0.3, -0.25) is 0 Å². The summed E-state index contributed by atoms with van der Waals surface area (Å²) in [5.74, 6) is 0.895. The van der Waals surface area contributed by atoms with Crippen LogP contribution < -0.4 is 10.5 Å². The van der Waals surface area contributed by atoms with E-state index in [-0.39, 0.29) is 5.54 Å². The molecule has 1 atom stereocenters. The summed E-state index contributed by atoms with van der Waals surface area (Å²) in [6.07, 6.45) is 6.08. The molecule has 20 heavy (non-hydrogen) atoms. The van der Waals surface area contributed by atoms with E-state index < -0.39 is 0 Å². The topological polar surface area (TPSA) is 38.5 Å². The molecule has 0 bridgehead atoms. The molecule has 112 valence electrons. The highest BCUT2D eigenvalue weighted by molar-refractivity contribution is 5.33. The maximum atomic E-state index is 6.79. The second kappa shape index (κ2) is 7.09. The summed E-state index contributed by atoms with van der Waals surface area (Å²) in [5.41, 5.74) is 7.72. The van der Waals surface area contributed by atoms with Gasteiger partial charge in [-0.2, -0.15) is 0 Å². The third-order valence-electron chi connectivity index (χ3n) is 4.30. The van der Waals surface area contributed by atoms with Gasteiger partial charge >= 0.3 is 0 Å². The Morgan fingerprint density at radius 3 is 2.65 bits per heavy atom. The average Bonchev–Trinajstić information content (AvgIpc) is 2.48. The fraction of sp³-hybridized carbons (Fsp3) is 0.647. The minimum atomic E-state index is -0.263. The van der Waals surface area contributed by atoms with Crippen molar-refractivity contribution in [3.05, 3.63) is 29.8 Å². The van der Waals surface area contributed by atoms with Crippen LogP contribution in [0.5, 0.6) is 5.75 Å². The van der Waals surface area contributed by atoms with E-state index in [1.807, 2.05) is 12.1 Å². The van der Waals surface area contributed by atoms with Crippen LogP contribution in [0.4, 0.5) is 0 Å². The first-order valence-electron chi connectivity index (χ1n) is 7.84. The van der Waals surface area contributed by atoms with Crippen molar-refractivity contribution in [3.8, 4) is 5.75 Å². The summed E-state index contributed by atoms with van der Waals surface area (Å²) in [6.45, 7) is 5.53. The number of methoxy groups -OCH3 is 1. The van der Waals surface area contributed by atoms with E-state index in [1.165, 1.54) is 37.9 Å². The lowest BCUT2D eigenvalue weighted by Gasteiger charge is -2.37. The van der Waals surface area contributed by atoms with E-state index in [2.05, 4.69) is 24.0 Å². The molecule has 0 spiro atoms. The highest BCUT2D eigenvalue weighted by atomic mass is 16.5. The number of piperidine rings is 1. The van der Waals surface area contributed by atoms with E-state index >= 15 is 0 Å². The van der Waals surface area contributed by atoms with Gasteiger partial charge in [0, 0.05) is 6.54 Å². The highest BCUT2D eigenvalue weighted by Gasteiger charge is 2.29. The number of hydrogen-bond acceptors (Lipinski definition) is 3. The average molecular weight is 276 g/mol. The zero-order valence-electron chi connectivity index (χ0n) is 12.9. The number of hydrogen-bond donors (Lipinski definition) is 1. The molecular weight excluding hydrogens is 248 g/mol. The first-order chi connectivity index (χ1) is 9.68. The number of rotatable bonds is 6. The normalized spacial score (nSPS) is 19.6. The Morgan fingerprint density at radius 1 is 1.25 bits per heavy atom. The molecule has 1 heterocycles. The summed E-state index contributed by atoms with van der Waals surface area (Å²) < 4.78 is 5.35. The molecule has 0 aliphatic carbocycles. The largest absolute Gasteiger partial charge is 0.497 e. The van der Waals surface area contributed by atoms with Crippen molar-refractivity contribution in [2.75, 3.05) is 26.7 Å². The summed E-state index contributed by atoms with van der Waals surface area (Å²) in [4.78, 5) is 2.53. The first kappa shape index (κ1) is 15.3. The molecule has 1 aliphatic heterocycles. The number of likely N-dealkylation sites (tertiary alicyclic amines) is 1. The Balaban J connectivity index is 2.17. The molecule has 1 saturated heterocycles. The molecule has 1 aromatic rings. The number of nitrogens with two attached hydrogens (primary N) is 1. The smallest absolute Gasteiger partial charge is 0.119 e.